The molecule has 2 atom stereocenters. The van der Waals surface area contributed by atoms with E-state index in [1.807, 2.05) is 0 Å². The van der Waals surface area contributed by atoms with Gasteiger partial charge >= 0.3 is 0 Å². The molecule has 6 N–H and O–H groups in total. The van der Waals surface area contributed by atoms with Crippen LogP contribution < -0.4 is 11.1 Å². The van der Waals surface area contributed by atoms with Gasteiger partial charge in [-0.25, -0.2) is 9.38 Å². The Kier molecular flexibility index (Phi) is 2.85. The highest BCUT2D eigenvalue weighted by atomic mass is 19.1. The van der Waals surface area contributed by atoms with Crippen LogP contribution in [-0.4, -0.2) is 44.6 Å². The van der Waals surface area contributed by atoms with Crippen molar-refractivity contribution in [3.63, 3.8) is 0 Å². The number of nitrogens with two attached hydrogens (primary N) is 1. The van der Waals surface area contributed by atoms with Gasteiger partial charge in [0.25, 0.3) is 0 Å². The number of amidine groups is 1. The first-order valence-corrected chi connectivity index (χ1v) is 6.25. The molecular weight excluding hydrogens is 283 g/mol. The summed E-state index contributed by atoms with van der Waals surface area (Å²) in [6, 6.07) is 0. The Morgan fingerprint density at radius 1 is 1.67 bits per heavy atom. The molecule has 3 rings (SSSR count). The predicted octanol–water partition coefficient (Wildman–Crippen LogP) is -0.243. The third kappa shape index (κ3) is 1.78. The Balaban J connectivity index is 2.08. The minimum Gasteiger partial charge on any atom is -0.506 e. The van der Waals surface area contributed by atoms with Gasteiger partial charge in [-0.3, -0.25) is 4.57 Å². The van der Waals surface area contributed by atoms with Gasteiger partial charge in [0.15, 0.2) is 22.9 Å². The highest BCUT2D eigenvalue weighted by Gasteiger charge is 2.49. The molecule has 8 nitrogen and oxygen atoms in total. The van der Waals surface area contributed by atoms with Crippen molar-refractivity contribution in [1.82, 2.24) is 4.57 Å². The van der Waals surface area contributed by atoms with Crippen LogP contribution in [-0.2, 0) is 4.74 Å². The van der Waals surface area contributed by atoms with Gasteiger partial charge in [0.1, 0.15) is 24.9 Å². The van der Waals surface area contributed by atoms with Crippen LogP contribution in [0.1, 0.15) is 18.7 Å². The van der Waals surface area contributed by atoms with Crippen LogP contribution in [0.3, 0.4) is 0 Å². The average molecular weight is 298 g/mol. The number of hydrogen-bond donors (Lipinski definition) is 5. The maximum absolute atomic E-state index is 14.0. The number of anilines is 1. The Morgan fingerprint density at radius 2 is 2.38 bits per heavy atom. The van der Waals surface area contributed by atoms with Crippen molar-refractivity contribution >= 4 is 11.7 Å². The van der Waals surface area contributed by atoms with Gasteiger partial charge in [-0.05, 0) is 6.92 Å². The van der Waals surface area contributed by atoms with E-state index in [-0.39, 0.29) is 29.6 Å². The summed E-state index contributed by atoms with van der Waals surface area (Å²) >= 11 is 0. The van der Waals surface area contributed by atoms with Crippen molar-refractivity contribution in [3.8, 4) is 0 Å². The van der Waals surface area contributed by atoms with E-state index in [4.69, 9.17) is 15.6 Å². The first-order valence-electron chi connectivity index (χ1n) is 6.25. The Hall–Kier alpha value is -2.26. The predicted molar refractivity (Wildman–Crippen MR) is 71.1 cm³/mol. The van der Waals surface area contributed by atoms with E-state index >= 15 is 0 Å². The van der Waals surface area contributed by atoms with Crippen LogP contribution in [0.2, 0.25) is 0 Å². The first-order chi connectivity index (χ1) is 9.87. The molecule has 0 radical (unpaired) electrons. The number of aromatic nitrogens is 1. The number of nitrogens with one attached hydrogen (secondary N) is 1. The van der Waals surface area contributed by atoms with Gasteiger partial charge in [-0.1, -0.05) is 0 Å². The number of aliphatic hydroxyl groups excluding tert-OH is 2. The number of aliphatic imine (C=N–C) groups is 1. The fourth-order valence-electron chi connectivity index (χ4n) is 2.52. The molecule has 0 spiro atoms. The quantitative estimate of drug-likeness (QED) is 0.513. The second-order valence-corrected chi connectivity index (χ2v) is 5.03. The standard InChI is InChI=1S/C12H15FN4O4/c1-12(20)8(19)6(3-18)21-11(12)17-2-5(13)7-9(14)15-4-16-10(7)17/h2,11,16,18-20H,3-4H2,1H3,(H2,14,15)/t11-,12?/m1/s1. The molecule has 0 aliphatic carbocycles. The molecule has 0 fully saturated rings. The van der Waals surface area contributed by atoms with E-state index in [2.05, 4.69) is 10.3 Å². The summed E-state index contributed by atoms with van der Waals surface area (Å²) < 4.78 is 20.7. The van der Waals surface area contributed by atoms with Crippen molar-refractivity contribution in [2.45, 2.75) is 18.8 Å². The van der Waals surface area contributed by atoms with E-state index in [0.29, 0.717) is 0 Å². The van der Waals surface area contributed by atoms with Crippen LogP contribution in [0, 0.1) is 5.82 Å². The average Bonchev–Trinajstić information content (AvgIpc) is 2.87. The van der Waals surface area contributed by atoms with Crippen LogP contribution in [0.5, 0.6) is 0 Å². The lowest BCUT2D eigenvalue weighted by Crippen LogP contribution is -2.36. The topological polar surface area (TPSA) is 125 Å². The smallest absolute Gasteiger partial charge is 0.213 e. The normalized spacial score (nSPS) is 28.0. The Labute approximate surface area is 119 Å². The molecule has 9 heteroatoms. The summed E-state index contributed by atoms with van der Waals surface area (Å²) in [5.74, 6) is -0.954. The fourth-order valence-corrected chi connectivity index (χ4v) is 2.52. The molecule has 21 heavy (non-hydrogen) atoms. The fraction of sp³-hybridized carbons (Fsp3) is 0.417. The van der Waals surface area contributed by atoms with E-state index < -0.39 is 30.0 Å². The van der Waals surface area contributed by atoms with Gasteiger partial charge in [0.2, 0.25) is 6.23 Å². The van der Waals surface area contributed by atoms with Crippen LogP contribution in [0.25, 0.3) is 0 Å². The first kappa shape index (κ1) is 13.7. The largest absolute Gasteiger partial charge is 0.506 e. The van der Waals surface area contributed by atoms with Crippen LogP contribution >= 0.6 is 0 Å². The summed E-state index contributed by atoms with van der Waals surface area (Å²) in [7, 11) is 0. The van der Waals surface area contributed by atoms with Crippen LogP contribution in [0.4, 0.5) is 10.2 Å². The van der Waals surface area contributed by atoms with E-state index in [1.54, 1.807) is 0 Å². The number of nitrogens with zero attached hydrogens (tertiary/aromatic N) is 2. The van der Waals surface area contributed by atoms with Crippen molar-refractivity contribution in [2.75, 3.05) is 18.6 Å². The van der Waals surface area contributed by atoms with E-state index in [0.717, 1.165) is 6.20 Å². The summed E-state index contributed by atoms with van der Waals surface area (Å²) in [6.45, 7) is 0.880. The SMILES string of the molecule is CC1(O)C(O)=C(CO)O[C@H]1n1cc(F)c2c1NCN=C2N. The third-order valence-electron chi connectivity index (χ3n) is 3.61. The number of halogens is 1. The minimum atomic E-state index is -1.82. The Morgan fingerprint density at radius 3 is 3.00 bits per heavy atom. The van der Waals surface area contributed by atoms with Crippen molar-refractivity contribution in [2.24, 2.45) is 10.7 Å². The summed E-state index contributed by atoms with van der Waals surface area (Å²) in [6.07, 6.45) is -0.0470. The van der Waals surface area contributed by atoms with Gasteiger partial charge < -0.3 is 31.1 Å². The second kappa shape index (κ2) is 4.37. The molecule has 0 bridgehead atoms. The highest BCUT2D eigenvalue weighted by Crippen LogP contribution is 2.42. The molecule has 0 saturated heterocycles. The van der Waals surface area contributed by atoms with Gasteiger partial charge in [-0.15, -0.1) is 0 Å². The second-order valence-electron chi connectivity index (χ2n) is 5.03. The number of rotatable bonds is 2. The third-order valence-corrected chi connectivity index (χ3v) is 3.61. The number of hydrogen-bond acceptors (Lipinski definition) is 7. The number of aliphatic hydroxyl groups is 3. The number of ether oxygens (including phenoxy) is 1. The van der Waals surface area contributed by atoms with Crippen molar-refractivity contribution in [3.05, 3.63) is 29.1 Å². The summed E-state index contributed by atoms with van der Waals surface area (Å²) in [5.41, 5.74) is 3.93. The van der Waals surface area contributed by atoms with Gasteiger partial charge in [0.05, 0.1) is 5.56 Å². The van der Waals surface area contributed by atoms with Gasteiger partial charge in [-0.2, -0.15) is 0 Å². The maximum Gasteiger partial charge on any atom is 0.213 e. The highest BCUT2D eigenvalue weighted by molar-refractivity contribution is 6.03. The van der Waals surface area contributed by atoms with Gasteiger partial charge in [0, 0.05) is 6.20 Å². The summed E-state index contributed by atoms with van der Waals surface area (Å²) in [5, 5.41) is 32.2. The van der Waals surface area contributed by atoms with E-state index in [1.165, 1.54) is 11.5 Å². The zero-order chi connectivity index (χ0) is 15.4. The molecule has 3 heterocycles. The molecule has 1 aromatic rings. The molecule has 0 amide bonds. The lowest BCUT2D eigenvalue weighted by molar-refractivity contribution is -0.0751. The monoisotopic (exact) mass is 298 g/mol. The van der Waals surface area contributed by atoms with Crippen LogP contribution in [0.15, 0.2) is 22.7 Å². The Bertz CT molecular complexity index is 664. The maximum atomic E-state index is 14.0. The lowest BCUT2D eigenvalue weighted by atomic mass is 10.0. The summed E-state index contributed by atoms with van der Waals surface area (Å²) in [4.78, 5) is 3.88. The molecule has 114 valence electrons. The van der Waals surface area contributed by atoms with Crippen molar-refractivity contribution in [1.29, 1.82) is 0 Å². The molecule has 1 aromatic heterocycles. The molecule has 0 saturated carbocycles. The number of fused-ring (bicyclic) bond motifs is 1. The molecule has 2 aliphatic heterocycles. The lowest BCUT2D eigenvalue weighted by Gasteiger charge is -2.28. The molecule has 0 aromatic carbocycles. The minimum absolute atomic E-state index is 0.0391. The molecule has 1 unspecified atom stereocenters. The molecular formula is C12H15FN4O4. The van der Waals surface area contributed by atoms with Crippen molar-refractivity contribution < 1.29 is 24.4 Å². The van der Waals surface area contributed by atoms with E-state index in [9.17, 15) is 14.6 Å². The zero-order valence-corrected chi connectivity index (χ0v) is 11.2. The molecule has 2 aliphatic rings. The zero-order valence-electron chi connectivity index (χ0n) is 11.2.